The monoisotopic (exact) mass is 396 g/mol. The van der Waals surface area contributed by atoms with Gasteiger partial charge >= 0.3 is 0 Å². The van der Waals surface area contributed by atoms with Crippen LogP contribution in [0.3, 0.4) is 0 Å². The summed E-state index contributed by atoms with van der Waals surface area (Å²) in [4.78, 5) is 2.33. The average molecular weight is 400 g/mol. The van der Waals surface area contributed by atoms with Gasteiger partial charge in [-0.15, -0.1) is 0 Å². The standard InChI is InChI=1S/C6H8Br4/c7-3-1-2-4(8)6(10)5(3)9/h3-6H,1-2H2/t3-,4+,5-,6-/m1/s1. The molecule has 60 valence electrons. The Morgan fingerprint density at radius 1 is 0.700 bits per heavy atom. The lowest BCUT2D eigenvalue weighted by atomic mass is 10.0. The fourth-order valence-electron chi connectivity index (χ4n) is 1.04. The summed E-state index contributed by atoms with van der Waals surface area (Å²) in [6, 6.07) is 0. The molecule has 0 amide bonds. The van der Waals surface area contributed by atoms with Crippen LogP contribution in [-0.2, 0) is 0 Å². The Morgan fingerprint density at radius 2 is 1.00 bits per heavy atom. The van der Waals surface area contributed by atoms with Crippen LogP contribution in [-0.4, -0.2) is 19.3 Å². The van der Waals surface area contributed by atoms with Crippen molar-refractivity contribution in [3.63, 3.8) is 0 Å². The summed E-state index contributed by atoms with van der Waals surface area (Å²) in [6.45, 7) is 0. The molecule has 0 aliphatic heterocycles. The van der Waals surface area contributed by atoms with Crippen molar-refractivity contribution in [1.29, 1.82) is 0 Å². The number of halogens is 4. The van der Waals surface area contributed by atoms with Crippen LogP contribution in [0.1, 0.15) is 12.8 Å². The summed E-state index contributed by atoms with van der Waals surface area (Å²) < 4.78 is 0. The van der Waals surface area contributed by atoms with E-state index in [1.165, 1.54) is 12.8 Å². The number of hydrogen-bond acceptors (Lipinski definition) is 0. The molecule has 1 aliphatic carbocycles. The van der Waals surface area contributed by atoms with Crippen molar-refractivity contribution in [1.82, 2.24) is 0 Å². The van der Waals surface area contributed by atoms with Crippen LogP contribution in [0.4, 0.5) is 0 Å². The van der Waals surface area contributed by atoms with E-state index >= 15 is 0 Å². The zero-order chi connectivity index (χ0) is 7.72. The molecule has 1 rings (SSSR count). The molecule has 1 fully saturated rings. The number of rotatable bonds is 0. The van der Waals surface area contributed by atoms with Gasteiger partial charge in [0.2, 0.25) is 0 Å². The quantitative estimate of drug-likeness (QED) is 0.543. The van der Waals surface area contributed by atoms with Gasteiger partial charge in [-0.05, 0) is 12.8 Å². The molecule has 0 aromatic heterocycles. The topological polar surface area (TPSA) is 0 Å². The fourth-order valence-corrected chi connectivity index (χ4v) is 4.31. The molecular weight excluding hydrogens is 392 g/mol. The molecule has 1 aliphatic rings. The predicted octanol–water partition coefficient (Wildman–Crippen LogP) is 3.83. The Morgan fingerprint density at radius 3 is 1.30 bits per heavy atom. The van der Waals surface area contributed by atoms with Crippen LogP contribution in [0.15, 0.2) is 0 Å². The highest BCUT2D eigenvalue weighted by molar-refractivity contribution is 9.14. The fraction of sp³-hybridized carbons (Fsp3) is 1.00. The van der Waals surface area contributed by atoms with Gasteiger partial charge in [-0.2, -0.15) is 0 Å². The molecule has 0 saturated heterocycles. The van der Waals surface area contributed by atoms with Gasteiger partial charge in [0.15, 0.2) is 0 Å². The van der Waals surface area contributed by atoms with Crippen LogP contribution in [0.25, 0.3) is 0 Å². The second-order valence-electron chi connectivity index (χ2n) is 2.50. The van der Waals surface area contributed by atoms with E-state index in [-0.39, 0.29) is 0 Å². The van der Waals surface area contributed by atoms with E-state index in [1.54, 1.807) is 0 Å². The second kappa shape index (κ2) is 4.24. The van der Waals surface area contributed by atoms with Crippen LogP contribution in [0.2, 0.25) is 0 Å². The van der Waals surface area contributed by atoms with E-state index in [9.17, 15) is 0 Å². The van der Waals surface area contributed by atoms with E-state index in [1.807, 2.05) is 0 Å². The summed E-state index contributed by atoms with van der Waals surface area (Å²) in [5, 5.41) is 0. The Kier molecular flexibility index (Phi) is 4.24. The van der Waals surface area contributed by atoms with Crippen molar-refractivity contribution >= 4 is 63.7 Å². The zero-order valence-electron chi connectivity index (χ0n) is 5.24. The second-order valence-corrected chi connectivity index (χ2v) is 6.97. The van der Waals surface area contributed by atoms with E-state index in [4.69, 9.17) is 0 Å². The predicted molar refractivity (Wildman–Crippen MR) is 60.1 cm³/mol. The smallest absolute Gasteiger partial charge is 0.0407 e. The number of hydrogen-bond donors (Lipinski definition) is 0. The first-order valence-electron chi connectivity index (χ1n) is 3.19. The molecule has 4 heteroatoms. The minimum atomic E-state index is 0.547. The Balaban J connectivity index is 2.52. The molecule has 0 nitrogen and oxygen atoms in total. The van der Waals surface area contributed by atoms with Crippen LogP contribution in [0, 0.1) is 0 Å². The third-order valence-electron chi connectivity index (χ3n) is 1.71. The van der Waals surface area contributed by atoms with Gasteiger partial charge in [0, 0.05) is 19.3 Å². The maximum atomic E-state index is 3.64. The minimum absolute atomic E-state index is 0.547. The third-order valence-corrected chi connectivity index (χ3v) is 8.31. The van der Waals surface area contributed by atoms with E-state index in [0.29, 0.717) is 19.3 Å². The molecule has 0 unspecified atom stereocenters. The van der Waals surface area contributed by atoms with Crippen LogP contribution >= 0.6 is 63.7 Å². The summed E-state index contributed by atoms with van der Waals surface area (Å²) in [5.41, 5.74) is 0. The van der Waals surface area contributed by atoms with E-state index in [2.05, 4.69) is 63.7 Å². The van der Waals surface area contributed by atoms with Gasteiger partial charge in [0.25, 0.3) is 0 Å². The molecule has 10 heavy (non-hydrogen) atoms. The first-order chi connectivity index (χ1) is 4.63. The molecule has 0 N–H and O–H groups in total. The largest absolute Gasteiger partial charge is 0.0878 e. The molecule has 0 bridgehead atoms. The van der Waals surface area contributed by atoms with Crippen molar-refractivity contribution in [3.8, 4) is 0 Å². The average Bonchev–Trinajstić information content (AvgIpc) is 1.93. The normalized spacial score (nSPS) is 49.2. The molecule has 0 heterocycles. The van der Waals surface area contributed by atoms with Crippen LogP contribution in [0.5, 0.6) is 0 Å². The molecule has 4 atom stereocenters. The van der Waals surface area contributed by atoms with Gasteiger partial charge in [-0.3, -0.25) is 0 Å². The van der Waals surface area contributed by atoms with Crippen molar-refractivity contribution in [2.75, 3.05) is 0 Å². The maximum absolute atomic E-state index is 3.64. The van der Waals surface area contributed by atoms with E-state index in [0.717, 1.165) is 0 Å². The molecule has 0 spiro atoms. The van der Waals surface area contributed by atoms with E-state index < -0.39 is 0 Å². The maximum Gasteiger partial charge on any atom is 0.0407 e. The minimum Gasteiger partial charge on any atom is -0.0878 e. The van der Waals surface area contributed by atoms with Crippen LogP contribution < -0.4 is 0 Å². The third kappa shape index (κ3) is 2.20. The SMILES string of the molecule is Br[C@H]1[C@H](Br)[C@@H](Br)CC[C@H]1Br. The number of alkyl halides is 4. The first-order valence-corrected chi connectivity index (χ1v) is 6.85. The summed E-state index contributed by atoms with van der Waals surface area (Å²) in [7, 11) is 0. The lowest BCUT2D eigenvalue weighted by Crippen LogP contribution is -2.36. The zero-order valence-corrected chi connectivity index (χ0v) is 11.6. The summed E-state index contributed by atoms with van der Waals surface area (Å²) >= 11 is 14.5. The van der Waals surface area contributed by atoms with Crippen molar-refractivity contribution in [2.24, 2.45) is 0 Å². The van der Waals surface area contributed by atoms with Gasteiger partial charge < -0.3 is 0 Å². The Hall–Kier alpha value is 1.92. The highest BCUT2D eigenvalue weighted by Gasteiger charge is 2.33. The molecular formula is C6H8Br4. The van der Waals surface area contributed by atoms with Crippen molar-refractivity contribution in [2.45, 2.75) is 32.2 Å². The van der Waals surface area contributed by atoms with Crippen molar-refractivity contribution < 1.29 is 0 Å². The molecule has 1 saturated carbocycles. The van der Waals surface area contributed by atoms with Gasteiger partial charge in [0.1, 0.15) is 0 Å². The van der Waals surface area contributed by atoms with Gasteiger partial charge in [-0.25, -0.2) is 0 Å². The first kappa shape index (κ1) is 10.0. The molecule has 0 aromatic carbocycles. The van der Waals surface area contributed by atoms with Crippen molar-refractivity contribution in [3.05, 3.63) is 0 Å². The lowest BCUT2D eigenvalue weighted by molar-refractivity contribution is 0.574. The Bertz CT molecular complexity index is 102. The lowest BCUT2D eigenvalue weighted by Gasteiger charge is -2.31. The highest BCUT2D eigenvalue weighted by Crippen LogP contribution is 2.37. The van der Waals surface area contributed by atoms with Gasteiger partial charge in [0.05, 0.1) is 0 Å². The highest BCUT2D eigenvalue weighted by atomic mass is 79.9. The van der Waals surface area contributed by atoms with Gasteiger partial charge in [-0.1, -0.05) is 63.7 Å². The summed E-state index contributed by atoms with van der Waals surface area (Å²) in [6.07, 6.45) is 2.49. The molecule has 0 radical (unpaired) electrons. The molecule has 0 aromatic rings. The summed E-state index contributed by atoms with van der Waals surface area (Å²) in [5.74, 6) is 0. The Labute approximate surface area is 95.0 Å².